The fourth-order valence-electron chi connectivity index (χ4n) is 8.35. The lowest BCUT2D eigenvalue weighted by Gasteiger charge is -2.26. The number of fused-ring (bicyclic) bond motifs is 9. The van der Waals surface area contributed by atoms with Crippen molar-refractivity contribution in [2.75, 3.05) is 4.90 Å². The molecule has 0 aliphatic rings. The molecule has 54 heavy (non-hydrogen) atoms. The van der Waals surface area contributed by atoms with E-state index in [9.17, 15) is 0 Å². The Hall–Kier alpha value is -6.74. The first-order chi connectivity index (χ1) is 26.7. The van der Waals surface area contributed by atoms with E-state index in [1.54, 1.807) is 0 Å². The molecule has 0 atom stereocenters. The highest BCUT2D eigenvalue weighted by atomic mass is 32.1. The van der Waals surface area contributed by atoms with E-state index in [4.69, 9.17) is 0 Å². The minimum Gasteiger partial charge on any atom is -0.310 e. The van der Waals surface area contributed by atoms with Gasteiger partial charge in [0.1, 0.15) is 0 Å². The van der Waals surface area contributed by atoms with Gasteiger partial charge in [-0.15, -0.1) is 11.3 Å². The van der Waals surface area contributed by atoms with Crippen LogP contribution in [0.3, 0.4) is 0 Å². The molecular formula is C52H33NS. The lowest BCUT2D eigenvalue weighted by atomic mass is 9.97. The monoisotopic (exact) mass is 703 g/mol. The van der Waals surface area contributed by atoms with Crippen LogP contribution in [0.4, 0.5) is 17.1 Å². The van der Waals surface area contributed by atoms with E-state index in [0.29, 0.717) is 0 Å². The number of benzene rings is 10. The van der Waals surface area contributed by atoms with Crippen LogP contribution in [0, 0.1) is 0 Å². The predicted octanol–water partition coefficient (Wildman–Crippen LogP) is 15.5. The summed E-state index contributed by atoms with van der Waals surface area (Å²) in [4.78, 5) is 2.39. The smallest absolute Gasteiger partial charge is 0.0468 e. The molecule has 0 aliphatic heterocycles. The van der Waals surface area contributed by atoms with Crippen molar-refractivity contribution in [2.24, 2.45) is 0 Å². The molecule has 0 bridgehead atoms. The summed E-state index contributed by atoms with van der Waals surface area (Å²) in [6, 6.07) is 73.5. The van der Waals surface area contributed by atoms with Crippen LogP contribution in [0.25, 0.3) is 85.5 Å². The SMILES string of the molecule is c1ccc2c(-c3ccc(N(c4ccc(-c5ccc6c(ccc7ccccc76)c5)cc4)c4ccc5c(ccc6c7ccccc7sc56)c4)cc3)cccc2c1. The van der Waals surface area contributed by atoms with Crippen LogP contribution in [-0.4, -0.2) is 0 Å². The maximum absolute atomic E-state index is 2.39. The van der Waals surface area contributed by atoms with E-state index in [1.165, 1.54) is 85.5 Å². The molecule has 0 unspecified atom stereocenters. The molecule has 1 nitrogen and oxygen atoms in total. The summed E-state index contributed by atoms with van der Waals surface area (Å²) in [5.74, 6) is 0. The highest BCUT2D eigenvalue weighted by Crippen LogP contribution is 2.42. The van der Waals surface area contributed by atoms with E-state index in [1.807, 2.05) is 11.3 Å². The number of hydrogen-bond acceptors (Lipinski definition) is 2. The first kappa shape index (κ1) is 30.8. The quantitative estimate of drug-likeness (QED) is 0.161. The van der Waals surface area contributed by atoms with E-state index in [0.717, 1.165) is 17.1 Å². The molecule has 0 spiro atoms. The van der Waals surface area contributed by atoms with Crippen molar-refractivity contribution in [3.63, 3.8) is 0 Å². The zero-order chi connectivity index (χ0) is 35.6. The molecule has 252 valence electrons. The standard InChI is InChI=1S/C52H33NS/c1-3-11-44-35(8-1)10-7-14-46(44)37-20-26-42(27-21-37)53(43-28-31-48-40(33-43)23-30-50-49-13-5-6-15-51(49)54-52(48)50)41-24-18-34(19-25-41)38-22-29-47-39(32-38)17-16-36-9-2-4-12-45(36)47/h1-33H. The van der Waals surface area contributed by atoms with Gasteiger partial charge in [0, 0.05) is 37.2 Å². The Morgan fingerprint density at radius 3 is 1.65 bits per heavy atom. The van der Waals surface area contributed by atoms with Gasteiger partial charge in [-0.1, -0.05) is 152 Å². The van der Waals surface area contributed by atoms with Crippen molar-refractivity contribution >= 4 is 91.7 Å². The molecule has 1 heterocycles. The second-order valence-electron chi connectivity index (χ2n) is 14.1. The molecule has 0 aliphatic carbocycles. The lowest BCUT2D eigenvalue weighted by Crippen LogP contribution is -2.09. The summed E-state index contributed by atoms with van der Waals surface area (Å²) in [7, 11) is 0. The van der Waals surface area contributed by atoms with Crippen LogP contribution in [0.2, 0.25) is 0 Å². The average Bonchev–Trinajstić information content (AvgIpc) is 3.63. The highest BCUT2D eigenvalue weighted by molar-refractivity contribution is 7.26. The average molecular weight is 704 g/mol. The third kappa shape index (κ3) is 5.07. The first-order valence-corrected chi connectivity index (χ1v) is 19.3. The van der Waals surface area contributed by atoms with Crippen molar-refractivity contribution in [3.8, 4) is 22.3 Å². The molecule has 0 radical (unpaired) electrons. The Kier molecular flexibility index (Phi) is 7.11. The fourth-order valence-corrected chi connectivity index (χ4v) is 9.59. The molecule has 0 amide bonds. The van der Waals surface area contributed by atoms with Crippen LogP contribution >= 0.6 is 11.3 Å². The van der Waals surface area contributed by atoms with E-state index in [-0.39, 0.29) is 0 Å². The normalized spacial score (nSPS) is 11.7. The second kappa shape index (κ2) is 12.4. The van der Waals surface area contributed by atoms with Gasteiger partial charge in [-0.05, 0) is 114 Å². The summed E-state index contributed by atoms with van der Waals surface area (Å²) in [5.41, 5.74) is 8.24. The number of anilines is 3. The van der Waals surface area contributed by atoms with Crippen LogP contribution in [0.15, 0.2) is 200 Å². The summed E-state index contributed by atoms with van der Waals surface area (Å²) >= 11 is 1.89. The van der Waals surface area contributed by atoms with Gasteiger partial charge in [-0.2, -0.15) is 0 Å². The predicted molar refractivity (Wildman–Crippen MR) is 235 cm³/mol. The molecule has 11 rings (SSSR count). The summed E-state index contributed by atoms with van der Waals surface area (Å²) in [5, 5.41) is 12.8. The molecule has 0 N–H and O–H groups in total. The minimum absolute atomic E-state index is 1.12. The summed E-state index contributed by atoms with van der Waals surface area (Å²) < 4.78 is 2.68. The largest absolute Gasteiger partial charge is 0.310 e. The van der Waals surface area contributed by atoms with Crippen molar-refractivity contribution < 1.29 is 0 Å². The Labute approximate surface area is 317 Å². The summed E-state index contributed by atoms with van der Waals surface area (Å²) in [6.45, 7) is 0. The van der Waals surface area contributed by atoms with Gasteiger partial charge in [0.2, 0.25) is 0 Å². The maximum atomic E-state index is 2.39. The van der Waals surface area contributed by atoms with Crippen molar-refractivity contribution in [2.45, 2.75) is 0 Å². The van der Waals surface area contributed by atoms with Crippen LogP contribution in [0.5, 0.6) is 0 Å². The van der Waals surface area contributed by atoms with Gasteiger partial charge in [0.25, 0.3) is 0 Å². The Morgan fingerprint density at radius 1 is 0.296 bits per heavy atom. The Balaban J connectivity index is 1.02. The highest BCUT2D eigenvalue weighted by Gasteiger charge is 2.16. The van der Waals surface area contributed by atoms with E-state index >= 15 is 0 Å². The Morgan fingerprint density at radius 2 is 0.833 bits per heavy atom. The maximum Gasteiger partial charge on any atom is 0.0468 e. The molecule has 11 aromatic rings. The van der Waals surface area contributed by atoms with E-state index in [2.05, 4.69) is 205 Å². The molecule has 0 saturated carbocycles. The molecular weight excluding hydrogens is 671 g/mol. The number of rotatable bonds is 5. The van der Waals surface area contributed by atoms with E-state index < -0.39 is 0 Å². The lowest BCUT2D eigenvalue weighted by molar-refractivity contribution is 1.29. The second-order valence-corrected chi connectivity index (χ2v) is 15.2. The minimum atomic E-state index is 1.12. The van der Waals surface area contributed by atoms with Gasteiger partial charge < -0.3 is 4.90 Å². The molecule has 1 aromatic heterocycles. The first-order valence-electron chi connectivity index (χ1n) is 18.5. The number of hydrogen-bond donors (Lipinski definition) is 0. The Bertz CT molecular complexity index is 3200. The van der Waals surface area contributed by atoms with Gasteiger partial charge in [0.05, 0.1) is 0 Å². The van der Waals surface area contributed by atoms with Gasteiger partial charge in [0.15, 0.2) is 0 Å². The van der Waals surface area contributed by atoms with Crippen molar-refractivity contribution in [1.29, 1.82) is 0 Å². The van der Waals surface area contributed by atoms with Crippen molar-refractivity contribution in [1.82, 2.24) is 0 Å². The van der Waals surface area contributed by atoms with Gasteiger partial charge in [-0.3, -0.25) is 0 Å². The van der Waals surface area contributed by atoms with Crippen molar-refractivity contribution in [3.05, 3.63) is 200 Å². The molecule has 2 heteroatoms. The molecule has 0 fully saturated rings. The fraction of sp³-hybridized carbons (Fsp3) is 0. The van der Waals surface area contributed by atoms with Crippen LogP contribution in [0.1, 0.15) is 0 Å². The molecule has 0 saturated heterocycles. The summed E-state index contributed by atoms with van der Waals surface area (Å²) in [6.07, 6.45) is 0. The zero-order valence-electron chi connectivity index (χ0n) is 29.4. The third-order valence-corrected chi connectivity index (χ3v) is 12.3. The van der Waals surface area contributed by atoms with Gasteiger partial charge >= 0.3 is 0 Å². The number of thiophene rings is 1. The molecule has 10 aromatic carbocycles. The van der Waals surface area contributed by atoms with Crippen LogP contribution < -0.4 is 4.90 Å². The topological polar surface area (TPSA) is 3.24 Å². The number of nitrogens with zero attached hydrogens (tertiary/aromatic N) is 1. The van der Waals surface area contributed by atoms with Gasteiger partial charge in [-0.25, -0.2) is 0 Å². The zero-order valence-corrected chi connectivity index (χ0v) is 30.2. The van der Waals surface area contributed by atoms with Crippen LogP contribution in [-0.2, 0) is 0 Å². The third-order valence-electron chi connectivity index (χ3n) is 11.0.